The Bertz CT molecular complexity index is 1140. The van der Waals surface area contributed by atoms with Crippen LogP contribution in [0, 0.1) is 23.5 Å². The quantitative estimate of drug-likeness (QED) is 0.691. The molecular weight excluding hydrogens is 464 g/mol. The molecule has 3 atom stereocenters. The first-order chi connectivity index (χ1) is 15.2. The molecule has 0 bridgehead atoms. The van der Waals surface area contributed by atoms with Crippen molar-refractivity contribution in [1.82, 2.24) is 5.32 Å². The van der Waals surface area contributed by atoms with Crippen LogP contribution in [0.25, 0.3) is 0 Å². The summed E-state index contributed by atoms with van der Waals surface area (Å²) in [5.74, 6) is -2.82. The second-order valence-electron chi connectivity index (χ2n) is 8.08. The van der Waals surface area contributed by atoms with Gasteiger partial charge in [-0.15, -0.1) is 0 Å². The highest BCUT2D eigenvalue weighted by Gasteiger charge is 2.59. The van der Waals surface area contributed by atoms with Crippen LogP contribution < -0.4 is 10.1 Å². The molecule has 0 saturated heterocycles. The molecule has 172 valence electrons. The Morgan fingerprint density at radius 3 is 2.59 bits per heavy atom. The summed E-state index contributed by atoms with van der Waals surface area (Å²) >= 11 is 5.93. The predicted molar refractivity (Wildman–Crippen MR) is 113 cm³/mol. The average Bonchev–Trinajstić information content (AvgIpc) is 2.79. The van der Waals surface area contributed by atoms with Crippen LogP contribution in [0.5, 0.6) is 5.75 Å². The van der Waals surface area contributed by atoms with Crippen molar-refractivity contribution in [2.24, 2.45) is 11.8 Å². The lowest BCUT2D eigenvalue weighted by Crippen LogP contribution is -2.52. The van der Waals surface area contributed by atoms with Gasteiger partial charge in [0, 0.05) is 18.0 Å². The molecule has 0 spiro atoms. The van der Waals surface area contributed by atoms with Gasteiger partial charge < -0.3 is 14.8 Å². The maximum Gasteiger partial charge on any atom is 0.406 e. The maximum absolute atomic E-state index is 15.2. The highest BCUT2D eigenvalue weighted by atomic mass is 35.5. The topological polar surface area (TPSA) is 81.7 Å². The number of rotatable bonds is 4. The first kappa shape index (κ1) is 22.8. The Morgan fingerprint density at radius 2 is 1.91 bits per heavy atom. The van der Waals surface area contributed by atoms with Crippen molar-refractivity contribution in [2.75, 3.05) is 20.3 Å². The Kier molecular flexibility index (Phi) is 6.06. The molecule has 1 heterocycles. The number of fused-ring (bicyclic) bond motifs is 3. The van der Waals surface area contributed by atoms with Crippen LogP contribution >= 0.6 is 11.6 Å². The van der Waals surface area contributed by atoms with Crippen LogP contribution in [-0.4, -0.2) is 34.8 Å². The van der Waals surface area contributed by atoms with Gasteiger partial charge >= 0.3 is 6.09 Å². The largest absolute Gasteiger partial charge is 0.490 e. The summed E-state index contributed by atoms with van der Waals surface area (Å²) in [6, 6.07) is 7.50. The molecule has 0 aromatic heterocycles. The van der Waals surface area contributed by atoms with Gasteiger partial charge in [0.2, 0.25) is 0 Å². The van der Waals surface area contributed by atoms with E-state index in [0.29, 0.717) is 17.9 Å². The summed E-state index contributed by atoms with van der Waals surface area (Å²) in [6.07, 6.45) is 0.0877. The molecule has 2 aromatic rings. The smallest absolute Gasteiger partial charge is 0.406 e. The van der Waals surface area contributed by atoms with E-state index >= 15 is 4.39 Å². The summed E-state index contributed by atoms with van der Waals surface area (Å²) in [4.78, 5) is 11.4. The first-order valence-corrected chi connectivity index (χ1v) is 12.0. The molecular formula is C22H22ClF2NO5S. The minimum atomic E-state index is -4.18. The van der Waals surface area contributed by atoms with Crippen LogP contribution in [0.2, 0.25) is 5.02 Å². The van der Waals surface area contributed by atoms with Gasteiger partial charge in [-0.3, -0.25) is 0 Å². The lowest BCUT2D eigenvalue weighted by molar-refractivity contribution is 0.0630. The SMILES string of the molecule is CNC(=O)OC[C@H]1CC[C@]2(S(=O)(=O)c3ccc(Cl)cc3)c3c(F)ccc(F)c3OC[C@@H]2C1. The van der Waals surface area contributed by atoms with Crippen molar-refractivity contribution >= 4 is 27.5 Å². The van der Waals surface area contributed by atoms with Gasteiger partial charge in [-0.05, 0) is 61.6 Å². The van der Waals surface area contributed by atoms with Crippen molar-refractivity contribution < 1.29 is 31.5 Å². The third kappa shape index (κ3) is 3.61. The number of alkyl carbamates (subject to hydrolysis) is 1. The number of hydrogen-bond donors (Lipinski definition) is 1. The lowest BCUT2D eigenvalue weighted by atomic mass is 9.69. The first-order valence-electron chi connectivity index (χ1n) is 10.2. The van der Waals surface area contributed by atoms with E-state index in [4.69, 9.17) is 21.1 Å². The molecule has 2 aliphatic rings. The summed E-state index contributed by atoms with van der Waals surface area (Å²) in [5.41, 5.74) is -0.269. The predicted octanol–water partition coefficient (Wildman–Crippen LogP) is 4.45. The number of ether oxygens (including phenoxy) is 2. The van der Waals surface area contributed by atoms with E-state index in [1.165, 1.54) is 31.3 Å². The molecule has 2 aromatic carbocycles. The Labute approximate surface area is 189 Å². The maximum atomic E-state index is 15.2. The van der Waals surface area contributed by atoms with Crippen molar-refractivity contribution in [1.29, 1.82) is 0 Å². The number of hydrogen-bond acceptors (Lipinski definition) is 5. The normalized spacial score (nSPS) is 24.6. The molecule has 1 saturated carbocycles. The Balaban J connectivity index is 1.83. The van der Waals surface area contributed by atoms with Crippen LogP contribution in [0.4, 0.5) is 13.6 Å². The van der Waals surface area contributed by atoms with Crippen LogP contribution in [0.3, 0.4) is 0 Å². The standard InChI is InChI=1S/C22H22ClF2NO5S/c1-26-21(27)31-11-13-8-9-22(32(28,29)16-4-2-15(23)3-5-16)14(10-13)12-30-20-18(25)7-6-17(24)19(20)22/h2-7,13-14H,8-12H2,1H3,(H,26,27)/t13-,14-,22+/m0/s1. The molecule has 1 fully saturated rings. The van der Waals surface area contributed by atoms with Gasteiger partial charge in [0.1, 0.15) is 10.6 Å². The summed E-state index contributed by atoms with van der Waals surface area (Å²) in [7, 11) is -2.74. The fourth-order valence-electron chi connectivity index (χ4n) is 4.85. The van der Waals surface area contributed by atoms with Crippen LogP contribution in [0.15, 0.2) is 41.3 Å². The molecule has 1 amide bonds. The summed E-state index contributed by atoms with van der Waals surface area (Å²) in [6.45, 7) is -0.0115. The van der Waals surface area contributed by atoms with E-state index in [9.17, 15) is 17.6 Å². The fraction of sp³-hybridized carbons (Fsp3) is 0.409. The molecule has 1 N–H and O–H groups in total. The van der Waals surface area contributed by atoms with E-state index in [0.717, 1.165) is 12.1 Å². The summed E-state index contributed by atoms with van der Waals surface area (Å²) in [5, 5.41) is 2.72. The minimum absolute atomic E-state index is 0.0246. The van der Waals surface area contributed by atoms with Gasteiger partial charge in [0.25, 0.3) is 0 Å². The van der Waals surface area contributed by atoms with E-state index in [-0.39, 0.29) is 41.8 Å². The van der Waals surface area contributed by atoms with Crippen LogP contribution in [0.1, 0.15) is 24.8 Å². The second kappa shape index (κ2) is 8.51. The second-order valence-corrected chi connectivity index (χ2v) is 10.7. The number of carbonyl (C=O) groups excluding carboxylic acids is 1. The van der Waals surface area contributed by atoms with Crippen molar-refractivity contribution in [3.63, 3.8) is 0 Å². The van der Waals surface area contributed by atoms with Gasteiger partial charge in [0.15, 0.2) is 21.4 Å². The monoisotopic (exact) mass is 485 g/mol. The van der Waals surface area contributed by atoms with E-state index in [1.807, 2.05) is 0 Å². The molecule has 10 heteroatoms. The molecule has 4 rings (SSSR count). The fourth-order valence-corrected chi connectivity index (χ4v) is 7.34. The molecule has 1 aliphatic carbocycles. The van der Waals surface area contributed by atoms with Gasteiger partial charge in [-0.25, -0.2) is 22.0 Å². The highest BCUT2D eigenvalue weighted by molar-refractivity contribution is 7.92. The molecule has 0 radical (unpaired) electrons. The van der Waals surface area contributed by atoms with Gasteiger partial charge in [-0.1, -0.05) is 11.6 Å². The zero-order valence-electron chi connectivity index (χ0n) is 17.2. The van der Waals surface area contributed by atoms with Crippen molar-refractivity contribution in [3.05, 3.63) is 58.6 Å². The molecule has 0 unspecified atom stereocenters. The number of carbonyl (C=O) groups is 1. The Morgan fingerprint density at radius 1 is 1.22 bits per heavy atom. The van der Waals surface area contributed by atoms with E-state index in [1.54, 1.807) is 0 Å². The highest BCUT2D eigenvalue weighted by Crippen LogP contribution is 2.57. The summed E-state index contributed by atoms with van der Waals surface area (Å²) < 4.78 is 66.8. The Hall–Kier alpha value is -2.39. The van der Waals surface area contributed by atoms with Gasteiger partial charge in [0.05, 0.1) is 23.7 Å². The third-order valence-corrected chi connectivity index (χ3v) is 9.22. The lowest BCUT2D eigenvalue weighted by Gasteiger charge is -2.49. The van der Waals surface area contributed by atoms with Crippen LogP contribution in [-0.2, 0) is 19.3 Å². The zero-order valence-corrected chi connectivity index (χ0v) is 18.8. The number of halogens is 3. The number of sulfone groups is 1. The molecule has 32 heavy (non-hydrogen) atoms. The van der Waals surface area contributed by atoms with Crippen molar-refractivity contribution in [2.45, 2.75) is 28.9 Å². The number of benzene rings is 2. The van der Waals surface area contributed by atoms with Crippen molar-refractivity contribution in [3.8, 4) is 5.75 Å². The molecule has 6 nitrogen and oxygen atoms in total. The third-order valence-electron chi connectivity index (χ3n) is 6.37. The number of nitrogens with one attached hydrogen (secondary N) is 1. The molecule has 1 aliphatic heterocycles. The minimum Gasteiger partial charge on any atom is -0.490 e. The zero-order chi connectivity index (χ0) is 23.1. The van der Waals surface area contributed by atoms with E-state index < -0.39 is 38.2 Å². The average molecular weight is 486 g/mol. The number of amides is 1. The van der Waals surface area contributed by atoms with E-state index in [2.05, 4.69) is 5.32 Å². The van der Waals surface area contributed by atoms with Gasteiger partial charge in [-0.2, -0.15) is 0 Å².